The first-order chi connectivity index (χ1) is 7.84. The normalized spacial score (nSPS) is 13.1. The minimum atomic E-state index is -0.824. The minimum Gasteiger partial charge on any atom is -0.480 e. The first-order valence-corrected chi connectivity index (χ1v) is 6.28. The van der Waals surface area contributed by atoms with E-state index in [9.17, 15) is 4.79 Å². The lowest BCUT2D eigenvalue weighted by Gasteiger charge is -2.18. The van der Waals surface area contributed by atoms with Crippen molar-refractivity contribution >= 4 is 21.9 Å². The van der Waals surface area contributed by atoms with E-state index in [2.05, 4.69) is 26.3 Å². The molecule has 0 bridgehead atoms. The molecule has 0 aromatic carbocycles. The molecular formula is C11H18BrN3O2. The summed E-state index contributed by atoms with van der Waals surface area (Å²) >= 11 is 3.45. The van der Waals surface area contributed by atoms with Crippen LogP contribution in [0.4, 0.5) is 0 Å². The van der Waals surface area contributed by atoms with Crippen molar-refractivity contribution in [3.05, 3.63) is 15.9 Å². The van der Waals surface area contributed by atoms with E-state index in [1.54, 1.807) is 4.68 Å². The summed E-state index contributed by atoms with van der Waals surface area (Å²) in [4.78, 5) is 11.0. The molecule has 6 heteroatoms. The van der Waals surface area contributed by atoms with Crippen LogP contribution in [0.5, 0.6) is 0 Å². The highest BCUT2D eigenvalue weighted by Gasteiger charge is 2.21. The molecule has 1 aromatic rings. The van der Waals surface area contributed by atoms with Gasteiger partial charge in [0.15, 0.2) is 0 Å². The first-order valence-electron chi connectivity index (χ1n) is 5.48. The fourth-order valence-electron chi connectivity index (χ4n) is 1.69. The quantitative estimate of drug-likeness (QED) is 0.869. The molecule has 17 heavy (non-hydrogen) atoms. The number of carbonyl (C=O) groups is 1. The van der Waals surface area contributed by atoms with Crippen molar-refractivity contribution < 1.29 is 9.90 Å². The third-order valence-corrected chi connectivity index (χ3v) is 3.72. The smallest absolute Gasteiger partial charge is 0.320 e. The third-order valence-electron chi connectivity index (χ3n) is 2.68. The van der Waals surface area contributed by atoms with E-state index in [0.29, 0.717) is 6.54 Å². The molecule has 0 radical (unpaired) electrons. The summed E-state index contributed by atoms with van der Waals surface area (Å²) in [7, 11) is 1.85. The molecule has 5 nitrogen and oxygen atoms in total. The Morgan fingerprint density at radius 1 is 1.59 bits per heavy atom. The van der Waals surface area contributed by atoms with E-state index in [4.69, 9.17) is 5.11 Å². The number of aromatic nitrogens is 2. The van der Waals surface area contributed by atoms with Crippen molar-refractivity contribution in [2.24, 2.45) is 13.0 Å². The molecule has 96 valence electrons. The van der Waals surface area contributed by atoms with E-state index >= 15 is 0 Å². The fourth-order valence-corrected chi connectivity index (χ4v) is 2.16. The van der Waals surface area contributed by atoms with Gasteiger partial charge in [0.2, 0.25) is 0 Å². The predicted octanol–water partition coefficient (Wildman–Crippen LogP) is 1.69. The van der Waals surface area contributed by atoms with Gasteiger partial charge in [-0.1, -0.05) is 13.8 Å². The molecule has 0 saturated carbocycles. The number of hydrogen-bond acceptors (Lipinski definition) is 3. The topological polar surface area (TPSA) is 67.2 Å². The van der Waals surface area contributed by atoms with Crippen molar-refractivity contribution in [3.63, 3.8) is 0 Å². The Labute approximate surface area is 109 Å². The van der Waals surface area contributed by atoms with Crippen molar-refractivity contribution in [1.29, 1.82) is 0 Å². The second-order valence-electron chi connectivity index (χ2n) is 4.41. The molecule has 1 heterocycles. The highest BCUT2D eigenvalue weighted by molar-refractivity contribution is 9.10. The predicted molar refractivity (Wildman–Crippen MR) is 68.7 cm³/mol. The summed E-state index contributed by atoms with van der Waals surface area (Å²) < 4.78 is 2.69. The van der Waals surface area contributed by atoms with Gasteiger partial charge in [-0.3, -0.25) is 14.8 Å². The van der Waals surface area contributed by atoms with Crippen molar-refractivity contribution in [1.82, 2.24) is 15.1 Å². The van der Waals surface area contributed by atoms with Crippen LogP contribution < -0.4 is 5.32 Å². The number of nitrogens with zero attached hydrogens (tertiary/aromatic N) is 2. The Morgan fingerprint density at radius 2 is 2.18 bits per heavy atom. The Bertz CT molecular complexity index is 415. The fraction of sp³-hybridized carbons (Fsp3) is 0.636. The molecule has 0 amide bonds. The van der Waals surface area contributed by atoms with Gasteiger partial charge in [-0.15, -0.1) is 0 Å². The van der Waals surface area contributed by atoms with Gasteiger partial charge in [0, 0.05) is 13.6 Å². The van der Waals surface area contributed by atoms with E-state index in [1.165, 1.54) is 0 Å². The maximum absolute atomic E-state index is 11.0. The lowest BCUT2D eigenvalue weighted by molar-refractivity contribution is -0.140. The zero-order chi connectivity index (χ0) is 13.2. The molecule has 0 spiro atoms. The van der Waals surface area contributed by atoms with Crippen LogP contribution >= 0.6 is 15.9 Å². The van der Waals surface area contributed by atoms with Crippen molar-refractivity contribution in [3.8, 4) is 0 Å². The van der Waals surface area contributed by atoms with Gasteiger partial charge in [0.05, 0.1) is 15.9 Å². The van der Waals surface area contributed by atoms with Crippen LogP contribution in [0.3, 0.4) is 0 Å². The van der Waals surface area contributed by atoms with Gasteiger partial charge < -0.3 is 5.11 Å². The molecule has 0 fully saturated rings. The highest BCUT2D eigenvalue weighted by atomic mass is 79.9. The maximum atomic E-state index is 11.0. The van der Waals surface area contributed by atoms with Crippen LogP contribution in [-0.4, -0.2) is 26.9 Å². The number of rotatable bonds is 5. The third kappa shape index (κ3) is 3.29. The Kier molecular flexibility index (Phi) is 4.70. The van der Waals surface area contributed by atoms with Crippen LogP contribution in [0.15, 0.2) is 4.47 Å². The first kappa shape index (κ1) is 14.2. The van der Waals surface area contributed by atoms with Crippen LogP contribution in [0, 0.1) is 12.8 Å². The van der Waals surface area contributed by atoms with Gasteiger partial charge >= 0.3 is 5.97 Å². The number of carboxylic acids is 1. The Hall–Kier alpha value is -0.880. The molecule has 0 saturated heterocycles. The second-order valence-corrected chi connectivity index (χ2v) is 5.20. The van der Waals surface area contributed by atoms with Crippen molar-refractivity contribution in [2.45, 2.75) is 33.4 Å². The highest BCUT2D eigenvalue weighted by Crippen LogP contribution is 2.20. The largest absolute Gasteiger partial charge is 0.480 e. The summed E-state index contributed by atoms with van der Waals surface area (Å²) in [5.41, 5.74) is 1.86. The Balaban J connectivity index is 2.75. The van der Waals surface area contributed by atoms with Crippen LogP contribution in [-0.2, 0) is 18.4 Å². The minimum absolute atomic E-state index is 0.0422. The number of aliphatic carboxylic acids is 1. The molecule has 0 aliphatic carbocycles. The number of aryl methyl sites for hydroxylation is 2. The molecule has 0 aliphatic rings. The molecule has 1 atom stereocenters. The van der Waals surface area contributed by atoms with Crippen LogP contribution in [0.25, 0.3) is 0 Å². The standard InChI is InChI=1S/C11H18BrN3O2/c1-6(2)10(11(16)17)13-5-8-9(12)7(3)14-15(8)4/h6,10,13H,5H2,1-4H3,(H,16,17). The maximum Gasteiger partial charge on any atom is 0.320 e. The number of carboxylic acid groups (broad SMARTS) is 1. The van der Waals surface area contributed by atoms with E-state index in [1.807, 2.05) is 27.8 Å². The summed E-state index contributed by atoms with van der Waals surface area (Å²) in [5, 5.41) is 16.4. The van der Waals surface area contributed by atoms with Gasteiger partial charge in [-0.25, -0.2) is 0 Å². The molecule has 1 aromatic heterocycles. The average molecular weight is 304 g/mol. The monoisotopic (exact) mass is 303 g/mol. The summed E-state index contributed by atoms with van der Waals surface area (Å²) in [6.07, 6.45) is 0. The van der Waals surface area contributed by atoms with Crippen molar-refractivity contribution in [2.75, 3.05) is 0 Å². The van der Waals surface area contributed by atoms with E-state index in [0.717, 1.165) is 15.9 Å². The number of halogens is 1. The van der Waals surface area contributed by atoms with E-state index < -0.39 is 12.0 Å². The Morgan fingerprint density at radius 3 is 2.53 bits per heavy atom. The zero-order valence-corrected chi connectivity index (χ0v) is 12.1. The summed E-state index contributed by atoms with van der Waals surface area (Å²) in [6.45, 7) is 6.16. The lowest BCUT2D eigenvalue weighted by Crippen LogP contribution is -2.40. The SMILES string of the molecule is Cc1nn(C)c(CNC(C(=O)O)C(C)C)c1Br. The molecular weight excluding hydrogens is 286 g/mol. The second kappa shape index (κ2) is 5.64. The molecule has 1 unspecified atom stereocenters. The van der Waals surface area contributed by atoms with Gasteiger partial charge in [-0.2, -0.15) is 5.10 Å². The average Bonchev–Trinajstić information content (AvgIpc) is 2.43. The summed E-state index contributed by atoms with van der Waals surface area (Å²) in [6, 6.07) is -0.544. The summed E-state index contributed by atoms with van der Waals surface area (Å²) in [5.74, 6) is -0.782. The molecule has 0 aliphatic heterocycles. The number of nitrogens with one attached hydrogen (secondary N) is 1. The number of hydrogen-bond donors (Lipinski definition) is 2. The van der Waals surface area contributed by atoms with Gasteiger partial charge in [-0.05, 0) is 28.8 Å². The van der Waals surface area contributed by atoms with E-state index in [-0.39, 0.29) is 5.92 Å². The van der Waals surface area contributed by atoms with Gasteiger partial charge in [0.1, 0.15) is 6.04 Å². The van der Waals surface area contributed by atoms with Crippen LogP contribution in [0.2, 0.25) is 0 Å². The molecule has 2 N–H and O–H groups in total. The lowest BCUT2D eigenvalue weighted by atomic mass is 10.0. The molecule has 1 rings (SSSR count). The van der Waals surface area contributed by atoms with Gasteiger partial charge in [0.25, 0.3) is 0 Å². The van der Waals surface area contributed by atoms with Crippen LogP contribution in [0.1, 0.15) is 25.2 Å². The zero-order valence-electron chi connectivity index (χ0n) is 10.5.